The molecular weight excluding hydrogens is 773 g/mol. The van der Waals surface area contributed by atoms with Gasteiger partial charge in [0.1, 0.15) is 22.7 Å². The number of para-hydroxylation sites is 3. The first-order valence-electron chi connectivity index (χ1n) is 21.1. The van der Waals surface area contributed by atoms with Crippen LogP contribution in [-0.2, 0) is 5.41 Å². The lowest BCUT2D eigenvalue weighted by Crippen LogP contribution is -2.32. The third-order valence-corrected chi connectivity index (χ3v) is 12.7. The summed E-state index contributed by atoms with van der Waals surface area (Å²) in [5.74, 6) is 3.36. The SMILES string of the molecule is c1ccc(-c2nc(-c3cccc(-c4cccnc4)c3)nc(-c3cccc4c3oc3c(-c5ccc6c(c5)Oc5ccccc5C65c6ccccc6-c6ccccc65)cccc34)n2)cc1. The first kappa shape index (κ1) is 35.3. The van der Waals surface area contributed by atoms with Gasteiger partial charge in [0.25, 0.3) is 0 Å². The maximum atomic E-state index is 7.03. The Morgan fingerprint density at radius 1 is 0.349 bits per heavy atom. The van der Waals surface area contributed by atoms with Gasteiger partial charge in [-0.25, -0.2) is 15.0 Å². The molecule has 6 nitrogen and oxygen atoms in total. The van der Waals surface area contributed by atoms with Crippen molar-refractivity contribution in [2.24, 2.45) is 0 Å². The molecule has 1 spiro atoms. The van der Waals surface area contributed by atoms with E-state index in [-0.39, 0.29) is 0 Å². The van der Waals surface area contributed by atoms with Crippen molar-refractivity contribution in [1.82, 2.24) is 19.9 Å². The molecule has 0 N–H and O–H groups in total. The van der Waals surface area contributed by atoms with Gasteiger partial charge in [-0.1, -0.05) is 164 Å². The summed E-state index contributed by atoms with van der Waals surface area (Å²) in [7, 11) is 0. The van der Waals surface area contributed by atoms with Crippen molar-refractivity contribution < 1.29 is 9.15 Å². The van der Waals surface area contributed by atoms with Gasteiger partial charge in [-0.15, -0.1) is 0 Å². The number of fused-ring (bicyclic) bond motifs is 12. The number of hydrogen-bond donors (Lipinski definition) is 0. The highest BCUT2D eigenvalue weighted by atomic mass is 16.5. The van der Waals surface area contributed by atoms with Crippen LogP contribution in [0.2, 0.25) is 0 Å². The number of rotatable bonds is 5. The Morgan fingerprint density at radius 2 is 0.921 bits per heavy atom. The molecule has 2 aliphatic rings. The Balaban J connectivity index is 0.976. The Bertz CT molecular complexity index is 3570. The smallest absolute Gasteiger partial charge is 0.167 e. The van der Waals surface area contributed by atoms with E-state index in [4.69, 9.17) is 24.1 Å². The second kappa shape index (κ2) is 13.8. The standard InChI is InChI=1S/C57H34N4O2/c1-2-14-35(15-3-1)54-59-55(38-17-10-16-36(32-38)39-18-13-31-58-34-39)61-56(60-54)45-24-12-23-44-43-22-11-21-40(52(43)63-53(44)45)37-29-30-49-51(33-37)62-50-28-9-8-27-48(50)57(49)46-25-6-4-19-41(46)42-20-5-7-26-47(42)57/h1-34H. The van der Waals surface area contributed by atoms with Crippen LogP contribution in [0.5, 0.6) is 11.5 Å². The maximum Gasteiger partial charge on any atom is 0.167 e. The molecule has 0 radical (unpaired) electrons. The van der Waals surface area contributed by atoms with E-state index >= 15 is 0 Å². The first-order valence-corrected chi connectivity index (χ1v) is 21.1. The number of benzene rings is 8. The van der Waals surface area contributed by atoms with Crippen LogP contribution in [0.15, 0.2) is 211 Å². The van der Waals surface area contributed by atoms with Crippen LogP contribution in [0.25, 0.3) is 89.5 Å². The third-order valence-electron chi connectivity index (χ3n) is 12.7. The van der Waals surface area contributed by atoms with Crippen molar-refractivity contribution in [1.29, 1.82) is 0 Å². The summed E-state index contributed by atoms with van der Waals surface area (Å²) >= 11 is 0. The molecule has 1 aliphatic carbocycles. The quantitative estimate of drug-likeness (QED) is 0.172. The zero-order chi connectivity index (χ0) is 41.5. The van der Waals surface area contributed by atoms with Gasteiger partial charge in [0.2, 0.25) is 0 Å². The minimum absolute atomic E-state index is 0.528. The summed E-state index contributed by atoms with van der Waals surface area (Å²) < 4.78 is 13.9. The molecular formula is C57H34N4O2. The molecule has 13 rings (SSSR count). The minimum Gasteiger partial charge on any atom is -0.457 e. The zero-order valence-electron chi connectivity index (χ0n) is 33.7. The summed E-state index contributed by atoms with van der Waals surface area (Å²) in [5.41, 5.74) is 14.8. The Hall–Kier alpha value is -8.48. The maximum absolute atomic E-state index is 7.03. The molecule has 8 aromatic carbocycles. The predicted molar refractivity (Wildman–Crippen MR) is 249 cm³/mol. The van der Waals surface area contributed by atoms with Gasteiger partial charge < -0.3 is 9.15 Å². The number of aromatic nitrogens is 4. The normalized spacial score (nSPS) is 13.0. The average Bonchev–Trinajstić information content (AvgIpc) is 3.89. The molecule has 0 saturated carbocycles. The van der Waals surface area contributed by atoms with Gasteiger partial charge in [0.05, 0.1) is 11.0 Å². The van der Waals surface area contributed by atoms with Gasteiger partial charge in [-0.2, -0.15) is 0 Å². The molecule has 1 aliphatic heterocycles. The van der Waals surface area contributed by atoms with Crippen LogP contribution in [0, 0.1) is 0 Å². The summed E-state index contributed by atoms with van der Waals surface area (Å²) in [6.45, 7) is 0. The fourth-order valence-corrected chi connectivity index (χ4v) is 9.97. The van der Waals surface area contributed by atoms with Crippen LogP contribution in [-0.4, -0.2) is 19.9 Å². The molecule has 0 bridgehead atoms. The number of nitrogens with zero attached hydrogens (tertiary/aromatic N) is 4. The van der Waals surface area contributed by atoms with Gasteiger partial charge in [-0.3, -0.25) is 4.98 Å². The fourth-order valence-electron chi connectivity index (χ4n) is 9.97. The van der Waals surface area contributed by atoms with Crippen LogP contribution in [0.3, 0.4) is 0 Å². The number of hydrogen-bond acceptors (Lipinski definition) is 6. The molecule has 0 unspecified atom stereocenters. The monoisotopic (exact) mass is 806 g/mol. The largest absolute Gasteiger partial charge is 0.457 e. The first-order chi connectivity index (χ1) is 31.2. The van der Waals surface area contributed by atoms with Crippen molar-refractivity contribution >= 4 is 21.9 Å². The van der Waals surface area contributed by atoms with Gasteiger partial charge >= 0.3 is 0 Å². The second-order valence-corrected chi connectivity index (χ2v) is 16.1. The lowest BCUT2D eigenvalue weighted by atomic mass is 9.66. The van der Waals surface area contributed by atoms with E-state index in [0.717, 1.165) is 77.9 Å². The molecule has 4 heterocycles. The van der Waals surface area contributed by atoms with Crippen LogP contribution in [0.1, 0.15) is 22.3 Å². The molecule has 63 heavy (non-hydrogen) atoms. The van der Waals surface area contributed by atoms with Crippen LogP contribution < -0.4 is 4.74 Å². The van der Waals surface area contributed by atoms with Gasteiger partial charge in [-0.05, 0) is 63.7 Å². The third kappa shape index (κ3) is 5.31. The zero-order valence-corrected chi connectivity index (χ0v) is 33.7. The number of furan rings is 1. The van der Waals surface area contributed by atoms with E-state index in [1.54, 1.807) is 6.20 Å². The Morgan fingerprint density at radius 3 is 1.68 bits per heavy atom. The van der Waals surface area contributed by atoms with E-state index < -0.39 is 5.41 Å². The van der Waals surface area contributed by atoms with Crippen LogP contribution >= 0.6 is 0 Å². The fraction of sp³-hybridized carbons (Fsp3) is 0.0175. The van der Waals surface area contributed by atoms with E-state index in [0.29, 0.717) is 23.1 Å². The molecule has 0 atom stereocenters. The molecule has 0 fully saturated rings. The van der Waals surface area contributed by atoms with Crippen molar-refractivity contribution in [2.75, 3.05) is 0 Å². The van der Waals surface area contributed by atoms with E-state index in [2.05, 4.69) is 145 Å². The van der Waals surface area contributed by atoms with E-state index in [1.165, 1.54) is 22.3 Å². The second-order valence-electron chi connectivity index (χ2n) is 16.1. The van der Waals surface area contributed by atoms with Crippen LogP contribution in [0.4, 0.5) is 0 Å². The number of ether oxygens (including phenoxy) is 1. The van der Waals surface area contributed by atoms with Crippen molar-refractivity contribution in [2.45, 2.75) is 5.41 Å². The molecule has 11 aromatic rings. The summed E-state index contributed by atoms with van der Waals surface area (Å²) in [5, 5.41) is 1.98. The van der Waals surface area contributed by atoms with E-state index in [9.17, 15) is 0 Å². The van der Waals surface area contributed by atoms with Crippen molar-refractivity contribution in [3.63, 3.8) is 0 Å². The minimum atomic E-state index is -0.530. The van der Waals surface area contributed by atoms with Crippen molar-refractivity contribution in [3.05, 3.63) is 229 Å². The van der Waals surface area contributed by atoms with E-state index in [1.807, 2.05) is 60.8 Å². The molecule has 0 saturated heterocycles. The highest BCUT2D eigenvalue weighted by molar-refractivity contribution is 6.12. The molecule has 3 aromatic heterocycles. The Labute approximate surface area is 362 Å². The van der Waals surface area contributed by atoms with Crippen molar-refractivity contribution in [3.8, 4) is 79.0 Å². The topological polar surface area (TPSA) is 73.9 Å². The Kier molecular flexibility index (Phi) is 7.72. The highest BCUT2D eigenvalue weighted by Gasteiger charge is 2.51. The highest BCUT2D eigenvalue weighted by Crippen LogP contribution is 2.62. The predicted octanol–water partition coefficient (Wildman–Crippen LogP) is 14.0. The lowest BCUT2D eigenvalue weighted by Gasteiger charge is -2.39. The summed E-state index contributed by atoms with van der Waals surface area (Å²) in [4.78, 5) is 19.6. The number of pyridine rings is 1. The molecule has 294 valence electrons. The van der Waals surface area contributed by atoms with Gasteiger partial charge in [0, 0.05) is 56.5 Å². The van der Waals surface area contributed by atoms with Gasteiger partial charge in [0.15, 0.2) is 17.5 Å². The lowest BCUT2D eigenvalue weighted by molar-refractivity contribution is 0.436. The molecule has 6 heteroatoms. The molecule has 0 amide bonds. The average molecular weight is 807 g/mol. The summed E-state index contributed by atoms with van der Waals surface area (Å²) in [6.07, 6.45) is 3.65. The summed E-state index contributed by atoms with van der Waals surface area (Å²) in [6, 6.07) is 67.6.